The first-order valence-corrected chi connectivity index (χ1v) is 9.02. The summed E-state index contributed by atoms with van der Waals surface area (Å²) in [4.78, 5) is 19.6. The van der Waals surface area contributed by atoms with Gasteiger partial charge < -0.3 is 14.6 Å². The molecule has 2 aromatic rings. The van der Waals surface area contributed by atoms with Gasteiger partial charge in [0.2, 0.25) is 0 Å². The molecule has 1 aromatic heterocycles. The Balaban J connectivity index is 1.80. The number of pyridine rings is 1. The van der Waals surface area contributed by atoms with E-state index in [0.29, 0.717) is 31.7 Å². The largest absolute Gasteiger partial charge is 0.771 e. The van der Waals surface area contributed by atoms with E-state index in [1.54, 1.807) is 29.3 Å². The average molecular weight is 360 g/mol. The molecule has 0 spiro atoms. The van der Waals surface area contributed by atoms with Gasteiger partial charge in [0.15, 0.2) is 0 Å². The fourth-order valence-corrected chi connectivity index (χ4v) is 3.92. The molecule has 132 valence electrons. The maximum absolute atomic E-state index is 11.9. The number of benzene rings is 1. The summed E-state index contributed by atoms with van der Waals surface area (Å²) in [7, 11) is 0. The molecule has 0 amide bonds. The summed E-state index contributed by atoms with van der Waals surface area (Å²) in [5.74, 6) is -0.272. The van der Waals surface area contributed by atoms with E-state index in [1.165, 1.54) is 6.07 Å². The summed E-state index contributed by atoms with van der Waals surface area (Å²) >= 11 is -2.46. The number of carboxylic acids is 1. The molecule has 2 unspecified atom stereocenters. The van der Waals surface area contributed by atoms with Crippen LogP contribution in [0, 0.1) is 0 Å². The zero-order valence-electron chi connectivity index (χ0n) is 13.4. The number of nitrogens with zero attached hydrogens (tertiary/aromatic N) is 3. The van der Waals surface area contributed by atoms with Crippen molar-refractivity contribution in [2.75, 3.05) is 31.1 Å². The number of rotatable bonds is 5. The Labute approximate surface area is 148 Å². The van der Waals surface area contributed by atoms with Gasteiger partial charge in [0.25, 0.3) is 0 Å². The molecule has 1 aliphatic heterocycles. The van der Waals surface area contributed by atoms with Crippen molar-refractivity contribution >= 4 is 22.9 Å². The van der Waals surface area contributed by atoms with Crippen LogP contribution >= 0.6 is 0 Å². The van der Waals surface area contributed by atoms with E-state index < -0.39 is 22.4 Å². The van der Waals surface area contributed by atoms with Gasteiger partial charge in [-0.1, -0.05) is 24.3 Å². The second-order valence-electron chi connectivity index (χ2n) is 5.72. The molecular formula is C17H18N3O4S-. The summed E-state index contributed by atoms with van der Waals surface area (Å²) in [5.41, 5.74) is 0.318. The van der Waals surface area contributed by atoms with Gasteiger partial charge in [-0.3, -0.25) is 9.11 Å². The van der Waals surface area contributed by atoms with Gasteiger partial charge in [0.1, 0.15) is 5.82 Å². The molecule has 1 aromatic carbocycles. The molecule has 0 radical (unpaired) electrons. The lowest BCUT2D eigenvalue weighted by Crippen LogP contribution is -2.49. The van der Waals surface area contributed by atoms with E-state index in [4.69, 9.17) is 0 Å². The Morgan fingerprint density at radius 3 is 2.40 bits per heavy atom. The molecule has 2 heterocycles. The van der Waals surface area contributed by atoms with Crippen LogP contribution in [0.1, 0.15) is 21.3 Å². The molecule has 25 heavy (non-hydrogen) atoms. The summed E-state index contributed by atoms with van der Waals surface area (Å²) in [6.45, 7) is 2.26. The van der Waals surface area contributed by atoms with Crippen LogP contribution in [0.3, 0.4) is 0 Å². The van der Waals surface area contributed by atoms with Crippen molar-refractivity contribution in [1.29, 1.82) is 0 Å². The number of aromatic nitrogens is 1. The molecule has 0 bridgehead atoms. The first kappa shape index (κ1) is 17.5. The minimum absolute atomic E-state index is 0.0175. The van der Waals surface area contributed by atoms with Crippen LogP contribution in [0.25, 0.3) is 0 Å². The normalized spacial score (nSPS) is 17.9. The van der Waals surface area contributed by atoms with Crippen LogP contribution in [0.15, 0.2) is 48.7 Å². The predicted octanol–water partition coefficient (Wildman–Crippen LogP) is 1.48. The minimum atomic E-state index is -2.46. The number of carbonyl (C=O) groups is 1. The van der Waals surface area contributed by atoms with Crippen molar-refractivity contribution in [3.05, 3.63) is 59.8 Å². The molecule has 1 aliphatic rings. The Hall–Kier alpha value is -2.29. The van der Waals surface area contributed by atoms with Crippen LogP contribution in [0.4, 0.5) is 5.82 Å². The van der Waals surface area contributed by atoms with E-state index in [9.17, 15) is 18.7 Å². The lowest BCUT2D eigenvalue weighted by Gasteiger charge is -2.40. The van der Waals surface area contributed by atoms with E-state index in [-0.39, 0.29) is 5.56 Å². The van der Waals surface area contributed by atoms with E-state index >= 15 is 0 Å². The van der Waals surface area contributed by atoms with Gasteiger partial charge in [-0.25, -0.2) is 9.78 Å². The fraction of sp³-hybridized carbons (Fsp3) is 0.294. The zero-order chi connectivity index (χ0) is 17.8. The SMILES string of the molecule is O=C(O)c1ccccc1C(N1CCN(c2ccccn2)CC1)S(=O)[O-]. The standard InChI is InChI=1S/C17H19N3O4S/c21-17(22)14-6-2-1-5-13(14)16(25(23)24)20-11-9-19(10-12-20)15-7-3-4-8-18-15/h1-8,16H,9-12H2,(H,21,22)(H,23,24)/p-1. The Kier molecular flexibility index (Phi) is 5.42. The molecule has 3 rings (SSSR count). The average Bonchev–Trinajstić information content (AvgIpc) is 2.63. The number of hydrogen-bond acceptors (Lipinski definition) is 6. The number of hydrogen-bond donors (Lipinski definition) is 1. The fourth-order valence-electron chi connectivity index (χ4n) is 3.06. The first-order chi connectivity index (χ1) is 12.1. The Morgan fingerprint density at radius 1 is 1.12 bits per heavy atom. The van der Waals surface area contributed by atoms with Crippen LogP contribution in [-0.4, -0.2) is 55.9 Å². The lowest BCUT2D eigenvalue weighted by atomic mass is 10.1. The molecule has 0 saturated carbocycles. The van der Waals surface area contributed by atoms with Gasteiger partial charge in [-0.15, -0.1) is 0 Å². The molecule has 1 N–H and O–H groups in total. The van der Waals surface area contributed by atoms with Gasteiger partial charge in [0, 0.05) is 32.4 Å². The van der Waals surface area contributed by atoms with Gasteiger partial charge in [-0.05, 0) is 34.8 Å². The smallest absolute Gasteiger partial charge is 0.336 e. The lowest BCUT2D eigenvalue weighted by molar-refractivity contribution is 0.0694. The summed E-state index contributed by atoms with van der Waals surface area (Å²) in [6, 6.07) is 11.9. The number of aromatic carboxylic acids is 1. The molecule has 8 heteroatoms. The van der Waals surface area contributed by atoms with Crippen molar-refractivity contribution in [2.24, 2.45) is 0 Å². The predicted molar refractivity (Wildman–Crippen MR) is 93.1 cm³/mol. The van der Waals surface area contributed by atoms with Crippen LogP contribution in [-0.2, 0) is 11.1 Å². The first-order valence-electron chi connectivity index (χ1n) is 7.88. The van der Waals surface area contributed by atoms with Gasteiger partial charge in [0.05, 0.1) is 10.9 Å². The number of carboxylic acid groups (broad SMARTS) is 1. The molecule has 7 nitrogen and oxygen atoms in total. The summed E-state index contributed by atoms with van der Waals surface area (Å²) in [6.07, 6.45) is 1.72. The van der Waals surface area contributed by atoms with Gasteiger partial charge >= 0.3 is 5.97 Å². The van der Waals surface area contributed by atoms with Crippen molar-refractivity contribution < 1.29 is 18.7 Å². The highest BCUT2D eigenvalue weighted by Crippen LogP contribution is 2.28. The van der Waals surface area contributed by atoms with E-state index in [0.717, 1.165) is 5.82 Å². The quantitative estimate of drug-likeness (QED) is 0.807. The zero-order valence-corrected chi connectivity index (χ0v) is 14.3. The van der Waals surface area contributed by atoms with Crippen LogP contribution in [0.5, 0.6) is 0 Å². The van der Waals surface area contributed by atoms with Crippen molar-refractivity contribution in [3.63, 3.8) is 0 Å². The Bertz CT molecular complexity index is 763. The van der Waals surface area contributed by atoms with Gasteiger partial charge in [-0.2, -0.15) is 0 Å². The third-order valence-corrected chi connectivity index (χ3v) is 5.18. The van der Waals surface area contributed by atoms with Crippen LogP contribution < -0.4 is 4.90 Å². The topological polar surface area (TPSA) is 96.8 Å². The third-order valence-electron chi connectivity index (χ3n) is 4.26. The maximum atomic E-state index is 11.9. The molecular weight excluding hydrogens is 342 g/mol. The number of anilines is 1. The second-order valence-corrected chi connectivity index (χ2v) is 6.68. The molecule has 1 fully saturated rings. The summed E-state index contributed by atoms with van der Waals surface area (Å²) in [5, 5.41) is 8.38. The van der Waals surface area contributed by atoms with E-state index in [1.807, 2.05) is 18.2 Å². The van der Waals surface area contributed by atoms with Crippen molar-refractivity contribution in [3.8, 4) is 0 Å². The maximum Gasteiger partial charge on any atom is 0.336 e. The molecule has 1 saturated heterocycles. The number of piperazine rings is 1. The van der Waals surface area contributed by atoms with Crippen LogP contribution in [0.2, 0.25) is 0 Å². The minimum Gasteiger partial charge on any atom is -0.771 e. The monoisotopic (exact) mass is 360 g/mol. The van der Waals surface area contributed by atoms with E-state index in [2.05, 4.69) is 9.88 Å². The van der Waals surface area contributed by atoms with Crippen molar-refractivity contribution in [2.45, 2.75) is 5.37 Å². The second kappa shape index (κ2) is 7.73. The third kappa shape index (κ3) is 3.87. The molecule has 0 aliphatic carbocycles. The highest BCUT2D eigenvalue weighted by molar-refractivity contribution is 7.79. The summed E-state index contributed by atoms with van der Waals surface area (Å²) < 4.78 is 23.7. The highest BCUT2D eigenvalue weighted by atomic mass is 32.2. The molecule has 2 atom stereocenters. The Morgan fingerprint density at radius 2 is 1.80 bits per heavy atom. The highest BCUT2D eigenvalue weighted by Gasteiger charge is 2.29. The van der Waals surface area contributed by atoms with Crippen molar-refractivity contribution in [1.82, 2.24) is 9.88 Å².